The van der Waals surface area contributed by atoms with Crippen LogP contribution in [0, 0.1) is 0 Å². The molecule has 160 valence electrons. The van der Waals surface area contributed by atoms with Gasteiger partial charge in [0, 0.05) is 46.8 Å². The largest absolute Gasteiger partial charge is 0.337 e. The van der Waals surface area contributed by atoms with Crippen LogP contribution in [0.15, 0.2) is 72.1 Å². The number of nitrogens with one attached hydrogen (secondary N) is 2. The normalized spacial score (nSPS) is 13.8. The summed E-state index contributed by atoms with van der Waals surface area (Å²) in [5, 5.41) is 6.53. The topological polar surface area (TPSA) is 76.0 Å². The van der Waals surface area contributed by atoms with Gasteiger partial charge in [-0.3, -0.25) is 9.59 Å². The summed E-state index contributed by atoms with van der Waals surface area (Å²) in [5.74, 6) is -0.293. The number of imidazole rings is 1. The molecule has 2 amide bonds. The summed E-state index contributed by atoms with van der Waals surface area (Å²) in [4.78, 5) is 30.2. The Morgan fingerprint density at radius 3 is 2.71 bits per heavy atom. The number of nitrogens with zero attached hydrogens (tertiary/aromatic N) is 2. The fraction of sp³-hybridized carbons (Fsp3) is 0.292. The standard InChI is InChI=1S/C24H26N4O2S/c29-23(12-14-28-15-13-25-17-28)26-19-7-5-6-18(16-19)24(30)27-21-10-3-4-11-22(21)31-20-8-1-2-9-20/h3-7,10-11,13,15-17,20H,1-2,8-9,12,14H2,(H,26,29)(H,27,30). The number of benzene rings is 2. The predicted octanol–water partition coefficient (Wildman–Crippen LogP) is 5.20. The van der Waals surface area contributed by atoms with Crippen LogP contribution in [0.5, 0.6) is 0 Å². The number of carbonyl (C=O) groups excluding carboxylic acids is 2. The SMILES string of the molecule is O=C(CCn1ccnc1)Nc1cccc(C(=O)Nc2ccccc2SC2CCCC2)c1. The number of aryl methyl sites for hydroxylation is 1. The summed E-state index contributed by atoms with van der Waals surface area (Å²) in [7, 11) is 0. The third-order valence-electron chi connectivity index (χ3n) is 5.30. The van der Waals surface area contributed by atoms with Gasteiger partial charge >= 0.3 is 0 Å². The molecule has 0 aliphatic heterocycles. The lowest BCUT2D eigenvalue weighted by atomic mass is 10.1. The van der Waals surface area contributed by atoms with Crippen LogP contribution in [0.2, 0.25) is 0 Å². The van der Waals surface area contributed by atoms with Crippen LogP contribution in [-0.2, 0) is 11.3 Å². The second-order valence-corrected chi connectivity index (χ2v) is 9.00. The zero-order chi connectivity index (χ0) is 21.5. The van der Waals surface area contributed by atoms with Gasteiger partial charge in [-0.1, -0.05) is 31.0 Å². The Morgan fingerprint density at radius 2 is 1.90 bits per heavy atom. The Balaban J connectivity index is 1.37. The van der Waals surface area contributed by atoms with Crippen molar-refractivity contribution in [2.45, 2.75) is 48.8 Å². The molecule has 0 radical (unpaired) electrons. The molecule has 3 aromatic rings. The minimum atomic E-state index is -0.186. The molecule has 1 aliphatic rings. The van der Waals surface area contributed by atoms with Gasteiger partial charge in [0.25, 0.3) is 5.91 Å². The molecule has 0 bridgehead atoms. The molecule has 2 N–H and O–H groups in total. The Hall–Kier alpha value is -3.06. The van der Waals surface area contributed by atoms with E-state index in [2.05, 4.69) is 21.7 Å². The van der Waals surface area contributed by atoms with Crippen LogP contribution in [0.3, 0.4) is 0 Å². The summed E-state index contributed by atoms with van der Waals surface area (Å²) < 4.78 is 1.85. The molecule has 4 rings (SSSR count). The monoisotopic (exact) mass is 434 g/mol. The van der Waals surface area contributed by atoms with E-state index in [0.717, 1.165) is 10.6 Å². The number of rotatable bonds is 8. The van der Waals surface area contributed by atoms with Gasteiger partial charge in [0.2, 0.25) is 5.91 Å². The number of carbonyl (C=O) groups is 2. The summed E-state index contributed by atoms with van der Waals surface area (Å²) in [5.41, 5.74) is 1.95. The van der Waals surface area contributed by atoms with Gasteiger partial charge in [0.1, 0.15) is 0 Å². The molecule has 0 atom stereocenters. The summed E-state index contributed by atoms with van der Waals surface area (Å²) in [6, 6.07) is 15.0. The van der Waals surface area contributed by atoms with Crippen LogP contribution in [0.4, 0.5) is 11.4 Å². The first-order chi connectivity index (χ1) is 15.2. The first-order valence-corrected chi connectivity index (χ1v) is 11.5. The average molecular weight is 435 g/mol. The molecule has 7 heteroatoms. The van der Waals surface area contributed by atoms with E-state index in [4.69, 9.17) is 0 Å². The third-order valence-corrected chi connectivity index (χ3v) is 6.71. The van der Waals surface area contributed by atoms with Crippen molar-refractivity contribution in [1.29, 1.82) is 0 Å². The molecule has 1 aliphatic carbocycles. The molecule has 2 aromatic carbocycles. The summed E-state index contributed by atoms with van der Waals surface area (Å²) in [6.07, 6.45) is 10.6. The first kappa shape index (κ1) is 21.2. The maximum atomic E-state index is 12.9. The fourth-order valence-corrected chi connectivity index (χ4v) is 5.00. The van der Waals surface area contributed by atoms with Crippen LogP contribution in [0.25, 0.3) is 0 Å². The number of thioether (sulfide) groups is 1. The van der Waals surface area contributed by atoms with Gasteiger partial charge < -0.3 is 15.2 Å². The highest BCUT2D eigenvalue weighted by Gasteiger charge is 2.18. The van der Waals surface area contributed by atoms with E-state index in [0.29, 0.717) is 29.5 Å². The summed E-state index contributed by atoms with van der Waals surface area (Å²) in [6.45, 7) is 0.557. The molecular weight excluding hydrogens is 408 g/mol. The van der Waals surface area contributed by atoms with Gasteiger partial charge in [-0.25, -0.2) is 4.98 Å². The molecule has 0 spiro atoms. The van der Waals surface area contributed by atoms with Crippen LogP contribution in [0.1, 0.15) is 42.5 Å². The molecule has 31 heavy (non-hydrogen) atoms. The second-order valence-electron chi connectivity index (χ2n) is 7.65. The van der Waals surface area contributed by atoms with Crippen molar-refractivity contribution >= 4 is 35.0 Å². The minimum absolute atomic E-state index is 0.107. The van der Waals surface area contributed by atoms with E-state index >= 15 is 0 Å². The molecular formula is C24H26N4O2S. The highest BCUT2D eigenvalue weighted by Crippen LogP contribution is 2.38. The van der Waals surface area contributed by atoms with Crippen molar-refractivity contribution in [3.8, 4) is 0 Å². The number of aromatic nitrogens is 2. The third kappa shape index (κ3) is 5.98. The van der Waals surface area contributed by atoms with Crippen LogP contribution >= 0.6 is 11.8 Å². The molecule has 1 heterocycles. The number of hydrogen-bond donors (Lipinski definition) is 2. The lowest BCUT2D eigenvalue weighted by Crippen LogP contribution is -2.16. The van der Waals surface area contributed by atoms with Crippen molar-refractivity contribution in [2.75, 3.05) is 10.6 Å². The fourth-order valence-electron chi connectivity index (χ4n) is 3.66. The van der Waals surface area contributed by atoms with E-state index in [1.165, 1.54) is 25.7 Å². The van der Waals surface area contributed by atoms with Gasteiger partial charge in [0.15, 0.2) is 0 Å². The quantitative estimate of drug-likeness (QED) is 0.511. The molecule has 1 fully saturated rings. The Bertz CT molecular complexity index is 1030. The van der Waals surface area contributed by atoms with Gasteiger partial charge in [-0.2, -0.15) is 0 Å². The smallest absolute Gasteiger partial charge is 0.255 e. The lowest BCUT2D eigenvalue weighted by molar-refractivity contribution is -0.116. The number of para-hydroxylation sites is 1. The Kier molecular flexibility index (Phi) is 7.04. The maximum Gasteiger partial charge on any atom is 0.255 e. The number of hydrogen-bond acceptors (Lipinski definition) is 4. The van der Waals surface area contributed by atoms with Crippen molar-refractivity contribution < 1.29 is 9.59 Å². The zero-order valence-corrected chi connectivity index (χ0v) is 18.1. The van der Waals surface area contributed by atoms with E-state index in [9.17, 15) is 9.59 Å². The van der Waals surface area contributed by atoms with Crippen LogP contribution < -0.4 is 10.6 Å². The van der Waals surface area contributed by atoms with E-state index in [-0.39, 0.29) is 11.8 Å². The number of amides is 2. The van der Waals surface area contributed by atoms with Crippen molar-refractivity contribution in [3.05, 3.63) is 72.8 Å². The highest BCUT2D eigenvalue weighted by molar-refractivity contribution is 8.00. The Morgan fingerprint density at radius 1 is 1.06 bits per heavy atom. The second kappa shape index (κ2) is 10.3. The summed E-state index contributed by atoms with van der Waals surface area (Å²) >= 11 is 1.85. The lowest BCUT2D eigenvalue weighted by Gasteiger charge is -2.14. The van der Waals surface area contributed by atoms with E-state index in [1.54, 1.807) is 36.8 Å². The number of anilines is 2. The molecule has 0 unspecified atom stereocenters. The van der Waals surface area contributed by atoms with Gasteiger partial charge in [-0.05, 0) is 43.2 Å². The molecule has 0 saturated heterocycles. The van der Waals surface area contributed by atoms with E-state index in [1.807, 2.05) is 40.7 Å². The highest BCUT2D eigenvalue weighted by atomic mass is 32.2. The molecule has 1 aromatic heterocycles. The van der Waals surface area contributed by atoms with E-state index < -0.39 is 0 Å². The predicted molar refractivity (Wildman–Crippen MR) is 124 cm³/mol. The van der Waals surface area contributed by atoms with Crippen molar-refractivity contribution in [2.24, 2.45) is 0 Å². The van der Waals surface area contributed by atoms with Crippen LogP contribution in [-0.4, -0.2) is 26.6 Å². The van der Waals surface area contributed by atoms with Gasteiger partial charge in [0.05, 0.1) is 12.0 Å². The Labute approximate surface area is 186 Å². The zero-order valence-electron chi connectivity index (χ0n) is 17.3. The molecule has 1 saturated carbocycles. The van der Waals surface area contributed by atoms with Crippen molar-refractivity contribution in [3.63, 3.8) is 0 Å². The minimum Gasteiger partial charge on any atom is -0.337 e. The average Bonchev–Trinajstić information content (AvgIpc) is 3.48. The van der Waals surface area contributed by atoms with Gasteiger partial charge in [-0.15, -0.1) is 11.8 Å². The molecule has 6 nitrogen and oxygen atoms in total. The first-order valence-electron chi connectivity index (χ1n) is 10.6. The van der Waals surface area contributed by atoms with Crippen molar-refractivity contribution in [1.82, 2.24) is 9.55 Å². The maximum absolute atomic E-state index is 12.9.